The highest BCUT2D eigenvalue weighted by molar-refractivity contribution is 7.99. The van der Waals surface area contributed by atoms with Crippen molar-refractivity contribution in [3.05, 3.63) is 28.3 Å². The molecule has 0 amide bonds. The van der Waals surface area contributed by atoms with Crippen LogP contribution in [0.15, 0.2) is 33.1 Å². The third-order valence-corrected chi connectivity index (χ3v) is 6.77. The first kappa shape index (κ1) is 21.6. The molecule has 1 aromatic carbocycles. The van der Waals surface area contributed by atoms with Crippen molar-refractivity contribution in [1.82, 2.24) is 24.9 Å². The zero-order chi connectivity index (χ0) is 21.2. The Hall–Kier alpha value is -2.09. The van der Waals surface area contributed by atoms with Crippen LogP contribution in [-0.4, -0.2) is 51.8 Å². The zero-order valence-electron chi connectivity index (χ0n) is 16.2. The first-order valence-corrected chi connectivity index (χ1v) is 11.2. The number of tetrazole rings is 1. The maximum absolute atomic E-state index is 12.5. The van der Waals surface area contributed by atoms with E-state index in [4.69, 9.17) is 4.74 Å². The van der Waals surface area contributed by atoms with Crippen LogP contribution in [-0.2, 0) is 21.3 Å². The smallest absolute Gasteiger partial charge is 0.284 e. The van der Waals surface area contributed by atoms with E-state index in [-0.39, 0.29) is 21.6 Å². The molecule has 0 spiro atoms. The van der Waals surface area contributed by atoms with E-state index in [1.807, 2.05) is 0 Å². The van der Waals surface area contributed by atoms with Gasteiger partial charge < -0.3 is 4.74 Å². The lowest BCUT2D eigenvalue weighted by Crippen LogP contribution is -2.40. The molecule has 1 aromatic heterocycles. The molecular weight excluding hydrogens is 420 g/mol. The van der Waals surface area contributed by atoms with E-state index >= 15 is 0 Å². The summed E-state index contributed by atoms with van der Waals surface area (Å²) in [5.41, 5.74) is -1.05. The lowest BCUT2D eigenvalue weighted by atomic mass is 10.1. The summed E-state index contributed by atoms with van der Waals surface area (Å²) in [6, 6.07) is 3.77. The first-order valence-electron chi connectivity index (χ1n) is 8.93. The molecule has 1 aliphatic heterocycles. The lowest BCUT2D eigenvalue weighted by molar-refractivity contribution is -0.388. The third kappa shape index (κ3) is 5.50. The molecule has 0 bridgehead atoms. The Morgan fingerprint density at radius 2 is 2.17 bits per heavy atom. The molecule has 158 valence electrons. The summed E-state index contributed by atoms with van der Waals surface area (Å²) >= 11 is 1.01. The van der Waals surface area contributed by atoms with Crippen molar-refractivity contribution in [3.63, 3.8) is 0 Å². The highest BCUT2D eigenvalue weighted by Crippen LogP contribution is 2.35. The predicted molar refractivity (Wildman–Crippen MR) is 104 cm³/mol. The molecule has 11 nitrogen and oxygen atoms in total. The van der Waals surface area contributed by atoms with Gasteiger partial charge >= 0.3 is 0 Å². The molecule has 1 saturated heterocycles. The van der Waals surface area contributed by atoms with Gasteiger partial charge in [0.05, 0.1) is 27.4 Å². The van der Waals surface area contributed by atoms with Crippen LogP contribution in [0.1, 0.15) is 33.6 Å². The number of rotatable bonds is 7. The van der Waals surface area contributed by atoms with Gasteiger partial charge in [-0.05, 0) is 67.9 Å². The molecule has 0 radical (unpaired) electrons. The number of nitro groups is 1. The molecule has 0 saturated carbocycles. The predicted octanol–water partition coefficient (Wildman–Crippen LogP) is 1.99. The number of nitrogens with zero attached hydrogens (tertiary/aromatic N) is 5. The molecular formula is C16H22N6O5S2. The summed E-state index contributed by atoms with van der Waals surface area (Å²) in [6.07, 6.45) is 1.88. The Bertz CT molecular complexity index is 995. The second-order valence-electron chi connectivity index (χ2n) is 7.62. The molecule has 3 rings (SSSR count). The van der Waals surface area contributed by atoms with E-state index in [1.165, 1.54) is 16.8 Å². The normalized spacial score (nSPS) is 17.6. The molecule has 1 unspecified atom stereocenters. The summed E-state index contributed by atoms with van der Waals surface area (Å²) in [7, 11) is -3.90. The second-order valence-corrected chi connectivity index (χ2v) is 10.3. The lowest BCUT2D eigenvalue weighted by Gasteiger charge is -2.20. The van der Waals surface area contributed by atoms with Crippen LogP contribution in [0.4, 0.5) is 5.69 Å². The van der Waals surface area contributed by atoms with Gasteiger partial charge in [-0.15, -0.1) is 5.10 Å². The number of nitrogens with one attached hydrogen (secondary N) is 1. The minimum Gasteiger partial charge on any atom is -0.376 e. The Morgan fingerprint density at radius 1 is 1.41 bits per heavy atom. The number of hydrogen-bond acceptors (Lipinski definition) is 9. The fourth-order valence-electron chi connectivity index (χ4n) is 2.82. The number of nitro benzene ring substituents is 1. The van der Waals surface area contributed by atoms with Crippen LogP contribution in [0.3, 0.4) is 0 Å². The minimum atomic E-state index is -3.90. The van der Waals surface area contributed by atoms with E-state index in [0.29, 0.717) is 18.3 Å². The summed E-state index contributed by atoms with van der Waals surface area (Å²) in [4.78, 5) is 11.0. The number of aromatic nitrogens is 4. The van der Waals surface area contributed by atoms with Crippen molar-refractivity contribution in [2.75, 3.05) is 6.61 Å². The van der Waals surface area contributed by atoms with Crippen LogP contribution in [0.25, 0.3) is 0 Å². The standard InChI is InChI=1S/C16H22N6O5S2/c1-16(2,3)18-29(25,26)12-6-7-14(13(9-12)22(23)24)28-15-17-19-20-21(15)10-11-5-4-8-27-11/h6-7,9,11,18H,4-5,8,10H2,1-3H3. The summed E-state index contributed by atoms with van der Waals surface area (Å²) < 4.78 is 34.6. The van der Waals surface area contributed by atoms with Gasteiger partial charge in [-0.1, -0.05) is 0 Å². The summed E-state index contributed by atoms with van der Waals surface area (Å²) in [6.45, 7) is 6.22. The van der Waals surface area contributed by atoms with Crippen molar-refractivity contribution < 1.29 is 18.1 Å². The van der Waals surface area contributed by atoms with Gasteiger partial charge in [0.2, 0.25) is 15.2 Å². The summed E-state index contributed by atoms with van der Waals surface area (Å²) in [5.74, 6) is 0. The van der Waals surface area contributed by atoms with Gasteiger partial charge in [0.25, 0.3) is 5.69 Å². The van der Waals surface area contributed by atoms with Crippen LogP contribution >= 0.6 is 11.8 Å². The van der Waals surface area contributed by atoms with Gasteiger partial charge in [-0.2, -0.15) is 0 Å². The second kappa shape index (κ2) is 8.34. The van der Waals surface area contributed by atoms with Crippen molar-refractivity contribution >= 4 is 27.5 Å². The highest BCUT2D eigenvalue weighted by Gasteiger charge is 2.27. The van der Waals surface area contributed by atoms with Gasteiger partial charge in [-0.3, -0.25) is 10.1 Å². The molecule has 13 heteroatoms. The van der Waals surface area contributed by atoms with E-state index in [1.54, 1.807) is 20.8 Å². The number of ether oxygens (including phenoxy) is 1. The van der Waals surface area contributed by atoms with Crippen LogP contribution in [0.5, 0.6) is 0 Å². The molecule has 2 heterocycles. The van der Waals surface area contributed by atoms with Gasteiger partial charge in [0.1, 0.15) is 0 Å². The Labute approximate surface area is 172 Å². The molecule has 29 heavy (non-hydrogen) atoms. The monoisotopic (exact) mass is 442 g/mol. The van der Waals surface area contributed by atoms with Crippen molar-refractivity contribution in [3.8, 4) is 0 Å². The summed E-state index contributed by atoms with van der Waals surface area (Å²) in [5, 5.41) is 23.4. The van der Waals surface area contributed by atoms with E-state index in [2.05, 4.69) is 20.2 Å². The highest BCUT2D eigenvalue weighted by atomic mass is 32.2. The SMILES string of the molecule is CC(C)(C)NS(=O)(=O)c1ccc(Sc2nnnn2CC2CCCO2)c([N+](=O)[O-])c1. The van der Waals surface area contributed by atoms with Crippen molar-refractivity contribution in [2.45, 2.75) is 66.7 Å². The van der Waals surface area contributed by atoms with Crippen molar-refractivity contribution in [2.24, 2.45) is 0 Å². The van der Waals surface area contributed by atoms with Gasteiger partial charge in [0, 0.05) is 18.2 Å². The van der Waals surface area contributed by atoms with Crippen molar-refractivity contribution in [1.29, 1.82) is 0 Å². The maximum Gasteiger partial charge on any atom is 0.284 e. The molecule has 1 aliphatic rings. The largest absolute Gasteiger partial charge is 0.376 e. The zero-order valence-corrected chi connectivity index (χ0v) is 17.9. The van der Waals surface area contributed by atoms with E-state index < -0.39 is 20.5 Å². The number of benzene rings is 1. The van der Waals surface area contributed by atoms with Gasteiger partial charge in [0.15, 0.2) is 0 Å². The van der Waals surface area contributed by atoms with Crippen LogP contribution in [0, 0.1) is 10.1 Å². The molecule has 1 fully saturated rings. The molecule has 1 atom stereocenters. The molecule has 2 aromatic rings. The topological polar surface area (TPSA) is 142 Å². The fourth-order valence-corrected chi connectivity index (χ4v) is 5.12. The Kier molecular flexibility index (Phi) is 6.22. The fraction of sp³-hybridized carbons (Fsp3) is 0.562. The Balaban J connectivity index is 1.87. The van der Waals surface area contributed by atoms with Crippen LogP contribution in [0.2, 0.25) is 0 Å². The van der Waals surface area contributed by atoms with Gasteiger partial charge in [-0.25, -0.2) is 17.8 Å². The quantitative estimate of drug-likeness (QED) is 0.503. The first-order chi connectivity index (χ1) is 13.5. The third-order valence-electron chi connectivity index (χ3n) is 3.98. The number of sulfonamides is 1. The van der Waals surface area contributed by atoms with E-state index in [0.717, 1.165) is 30.7 Å². The average Bonchev–Trinajstić information content (AvgIpc) is 3.26. The van der Waals surface area contributed by atoms with E-state index in [9.17, 15) is 18.5 Å². The Morgan fingerprint density at radius 3 is 2.79 bits per heavy atom. The average molecular weight is 443 g/mol. The van der Waals surface area contributed by atoms with Crippen LogP contribution < -0.4 is 4.72 Å². The molecule has 0 aliphatic carbocycles. The number of hydrogen-bond donors (Lipinski definition) is 1. The maximum atomic E-state index is 12.5. The molecule has 1 N–H and O–H groups in total. The minimum absolute atomic E-state index is 0.00354.